The number of aromatic nitrogens is 6. The fraction of sp³-hybridized carbons (Fsp3) is 0.553. The second-order valence-corrected chi connectivity index (χ2v) is 31.1. The molecule has 6 nitrogen and oxygen atoms in total. The van der Waals surface area contributed by atoms with Gasteiger partial charge in [0.25, 0.3) is 7.12 Å². The van der Waals surface area contributed by atoms with Crippen LogP contribution in [0.1, 0.15) is 239 Å². The quantitative estimate of drug-likeness (QED) is 0.0807. The van der Waals surface area contributed by atoms with Crippen LogP contribution in [-0.2, 0) is 21.7 Å². The van der Waals surface area contributed by atoms with Crippen molar-refractivity contribution in [2.45, 2.75) is 210 Å². The Labute approximate surface area is 545 Å². The van der Waals surface area contributed by atoms with E-state index in [9.17, 15) is 0 Å². The van der Waals surface area contributed by atoms with Crippen molar-refractivity contribution in [3.63, 3.8) is 0 Å². The van der Waals surface area contributed by atoms with Crippen molar-refractivity contribution >= 4 is 61.6 Å². The fourth-order valence-corrected chi connectivity index (χ4v) is 21.4. The molecule has 3 heterocycles. The molecule has 13 aliphatic carbocycles. The predicted octanol–water partition coefficient (Wildman–Crippen LogP) is 17.8. The Bertz CT molecular complexity index is 3050. The van der Waals surface area contributed by atoms with E-state index in [0.717, 1.165) is 59.7 Å². The Morgan fingerprint density at radius 1 is 0.476 bits per heavy atom. The number of hydrogen-bond acceptors (Lipinski definition) is 3. The van der Waals surface area contributed by atoms with Gasteiger partial charge in [0.2, 0.25) is 0 Å². The molecule has 12 fully saturated rings. The van der Waals surface area contributed by atoms with Gasteiger partial charge in [0.05, 0.1) is 22.7 Å². The van der Waals surface area contributed by atoms with Crippen molar-refractivity contribution in [3.8, 4) is 0 Å². The Morgan fingerprint density at radius 3 is 1.07 bits per heavy atom. The summed E-state index contributed by atoms with van der Waals surface area (Å²) >= 11 is 0. The molecule has 3 radical (unpaired) electrons. The number of benzene rings is 3. The van der Waals surface area contributed by atoms with E-state index in [4.69, 9.17) is 15.3 Å². The molecular formula is C76H94BBaN6. The van der Waals surface area contributed by atoms with Gasteiger partial charge in [-0.1, -0.05) is 127 Å². The maximum absolute atomic E-state index is 5.97. The Balaban J connectivity index is 0.000000183. The molecular weight excluding hydrogens is 1150 g/mol. The maximum Gasteiger partial charge on any atom is 0.261 e. The van der Waals surface area contributed by atoms with Crippen molar-refractivity contribution in [2.24, 2.45) is 53.3 Å². The first-order valence-corrected chi connectivity index (χ1v) is 33.6. The van der Waals surface area contributed by atoms with Crippen LogP contribution in [0.4, 0.5) is 0 Å². The first kappa shape index (κ1) is 57.7. The Hall–Kier alpha value is -3.98. The summed E-state index contributed by atoms with van der Waals surface area (Å²) in [5.74, 6) is 9.19. The van der Waals surface area contributed by atoms with E-state index in [2.05, 4.69) is 202 Å². The molecule has 13 aliphatic rings. The van der Waals surface area contributed by atoms with Crippen LogP contribution in [0.15, 0.2) is 139 Å². The van der Waals surface area contributed by atoms with Gasteiger partial charge in [-0.05, 0) is 245 Å². The first-order chi connectivity index (χ1) is 40.2. The number of rotatable bonds is 14. The number of allylic oxidation sites excluding steroid dienone is 6. The van der Waals surface area contributed by atoms with E-state index in [1.165, 1.54) is 178 Å². The summed E-state index contributed by atoms with van der Waals surface area (Å²) < 4.78 is 7.51. The number of nitrogens with zero attached hydrogens (tertiary/aromatic N) is 6. The molecule has 0 saturated heterocycles. The molecule has 0 N–H and O–H groups in total. The largest absolute Gasteiger partial charge is 0.422 e. The van der Waals surface area contributed by atoms with Gasteiger partial charge in [-0.3, -0.25) is 0 Å². The summed E-state index contributed by atoms with van der Waals surface area (Å²) in [6.45, 7) is 16.8. The topological polar surface area (TPSA) is 53.5 Å². The van der Waals surface area contributed by atoms with Crippen LogP contribution in [0.5, 0.6) is 0 Å². The Kier molecular flexibility index (Phi) is 15.5. The monoisotopic (exact) mass is 1240 g/mol. The molecule has 12 saturated carbocycles. The minimum atomic E-state index is -0.236. The molecule has 0 aliphatic heterocycles. The predicted molar refractivity (Wildman–Crippen MR) is 346 cm³/mol. The third kappa shape index (κ3) is 10.3. The molecule has 433 valence electrons. The second-order valence-electron chi connectivity index (χ2n) is 31.1. The summed E-state index contributed by atoms with van der Waals surface area (Å²) in [4.78, 5) is 0. The molecule has 19 rings (SSSR count). The minimum absolute atomic E-state index is 0. The summed E-state index contributed by atoms with van der Waals surface area (Å²) in [7, 11) is -0.236. The zero-order valence-electron chi connectivity index (χ0n) is 52.1. The van der Waals surface area contributed by atoms with Crippen LogP contribution in [0.3, 0.4) is 0 Å². The van der Waals surface area contributed by atoms with Crippen LogP contribution in [-0.4, -0.2) is 85.1 Å². The van der Waals surface area contributed by atoms with Gasteiger partial charge in [-0.25, -0.2) is 15.3 Å². The molecule has 0 unspecified atom stereocenters. The van der Waals surface area contributed by atoms with E-state index in [0.29, 0.717) is 17.8 Å². The van der Waals surface area contributed by atoms with Gasteiger partial charge < -0.3 is 13.8 Å². The Morgan fingerprint density at radius 2 is 0.786 bits per heavy atom. The van der Waals surface area contributed by atoms with Crippen molar-refractivity contribution in [1.82, 2.24) is 29.1 Å². The van der Waals surface area contributed by atoms with Gasteiger partial charge in [0.1, 0.15) is 0 Å². The molecule has 0 spiro atoms. The van der Waals surface area contributed by atoms with Crippen LogP contribution in [0.2, 0.25) is 0 Å². The smallest absolute Gasteiger partial charge is 0.261 e. The summed E-state index contributed by atoms with van der Waals surface area (Å²) in [6, 6.07) is 40.3. The minimum Gasteiger partial charge on any atom is -0.422 e. The molecule has 6 aromatic rings. The third-order valence-electron chi connectivity index (χ3n) is 24.1. The summed E-state index contributed by atoms with van der Waals surface area (Å²) in [6.07, 6.45) is 37.1. The third-order valence-corrected chi connectivity index (χ3v) is 24.1. The molecule has 3 aromatic carbocycles. The van der Waals surface area contributed by atoms with Gasteiger partial charge in [0.15, 0.2) is 0 Å². The van der Waals surface area contributed by atoms with Gasteiger partial charge in [-0.2, -0.15) is 0 Å². The molecule has 8 heteroatoms. The van der Waals surface area contributed by atoms with E-state index in [1.807, 2.05) is 0 Å². The first-order valence-electron chi connectivity index (χ1n) is 33.6. The zero-order chi connectivity index (χ0) is 56.4. The zero-order valence-corrected chi connectivity index (χ0v) is 56.6. The van der Waals surface area contributed by atoms with E-state index in [-0.39, 0.29) is 77.7 Å². The van der Waals surface area contributed by atoms with Gasteiger partial charge >= 0.3 is 0 Å². The standard InChI is InChI=1S/C48H69BN6.C28H25.Ba/c1-28(2)40-16-43(46-19-31-7-32(20-46)9-33(8-31)21-46)50-53(40)49(54-41(29(3)4)17-44(51-54)47-22-34-10-35(23-47)12-36(11-34)24-47)55-42(30(5)6)18-45(52-55)48-25-37-13-38(26-48)15-39(14-37)27-48;1-28(25-18-10-4-11-19-25,26-20-12-5-13-21-26)22-27(23-14-6-2-7-15-23)24-16-8-3-9-17-24;/h16-18,28-39H,7-15,19-27H2,1-6H3;2-21H,22H2,1H3;/q-1;+1;. The normalized spacial score (nSPS) is 32.6. The molecule has 0 atom stereocenters. The van der Waals surface area contributed by atoms with Crippen molar-refractivity contribution < 1.29 is 0 Å². The maximum atomic E-state index is 5.97. The molecule has 0 amide bonds. The summed E-state index contributed by atoms with van der Waals surface area (Å²) in [5, 5.41) is 17.9. The van der Waals surface area contributed by atoms with Crippen LogP contribution in [0.25, 0.3) is 5.57 Å². The fourth-order valence-electron chi connectivity index (χ4n) is 21.4. The van der Waals surface area contributed by atoms with Crippen molar-refractivity contribution in [1.29, 1.82) is 0 Å². The molecule has 84 heavy (non-hydrogen) atoms. The average Bonchev–Trinajstić information content (AvgIpc) is 1.71. The average molecular weight is 1240 g/mol. The van der Waals surface area contributed by atoms with E-state index in [1.54, 1.807) is 0 Å². The van der Waals surface area contributed by atoms with Crippen LogP contribution >= 0.6 is 0 Å². The van der Waals surface area contributed by atoms with Crippen molar-refractivity contribution in [2.75, 3.05) is 0 Å². The van der Waals surface area contributed by atoms with Crippen molar-refractivity contribution in [3.05, 3.63) is 196 Å². The van der Waals surface area contributed by atoms with Crippen LogP contribution in [0, 0.1) is 59.7 Å². The van der Waals surface area contributed by atoms with Gasteiger partial charge in [0, 0.05) is 119 Å². The molecule has 3 aromatic heterocycles. The number of hydrogen-bond donors (Lipinski definition) is 0. The molecule has 12 bridgehead atoms. The second kappa shape index (κ2) is 22.6. The van der Waals surface area contributed by atoms with Crippen LogP contribution < -0.4 is 0 Å². The van der Waals surface area contributed by atoms with Gasteiger partial charge in [-0.15, -0.1) is 0 Å². The van der Waals surface area contributed by atoms with E-state index < -0.39 is 0 Å². The summed E-state index contributed by atoms with van der Waals surface area (Å²) in [5.41, 5.74) is 15.6. The SMILES string of the molecule is CC(C)c1cc(C23CC4CC(CC(C4)C2)C3)nn1[B-](n1nc(C23CC4CC(CC(C4)C2)C3)cc1C(C)C)n1nc(C23CC4CC(CC(C4)C2)C3)cc1C(C)C.CC(C/C(=C1\C=CC=C[CH+]1)c1ccccc1)(c1ccccc1)c1ccccc1.[Ba]. The van der Waals surface area contributed by atoms with E-state index >= 15 is 0 Å².